The van der Waals surface area contributed by atoms with Crippen LogP contribution in [0, 0.1) is 11.7 Å². The van der Waals surface area contributed by atoms with Crippen LogP contribution in [0.25, 0.3) is 0 Å². The summed E-state index contributed by atoms with van der Waals surface area (Å²) in [6, 6.07) is 9.21. The van der Waals surface area contributed by atoms with Crippen molar-refractivity contribution in [2.45, 2.75) is 11.4 Å². The lowest BCUT2D eigenvalue weighted by Gasteiger charge is -2.37. The third-order valence-electron chi connectivity index (χ3n) is 4.73. The average molecular weight is 416 g/mol. The van der Waals surface area contributed by atoms with E-state index in [1.165, 1.54) is 24.4 Å². The van der Waals surface area contributed by atoms with Gasteiger partial charge in [-0.1, -0.05) is 6.07 Å². The maximum absolute atomic E-state index is 14.8. The average Bonchev–Trinajstić information content (AvgIpc) is 3.13. The summed E-state index contributed by atoms with van der Waals surface area (Å²) >= 11 is 1.04. The highest BCUT2D eigenvalue weighted by Gasteiger charge is 2.51. The van der Waals surface area contributed by atoms with Crippen LogP contribution in [0.2, 0.25) is 0 Å². The lowest BCUT2D eigenvalue weighted by molar-refractivity contribution is 0.0560. The van der Waals surface area contributed by atoms with Gasteiger partial charge in [-0.05, 0) is 48.5 Å². The number of fused-ring (bicyclic) bond motifs is 1. The van der Waals surface area contributed by atoms with E-state index in [0.717, 1.165) is 11.8 Å². The van der Waals surface area contributed by atoms with Crippen LogP contribution < -0.4 is 10.6 Å². The first-order chi connectivity index (χ1) is 14.0. The Labute approximate surface area is 169 Å². The first kappa shape index (κ1) is 19.3. The number of pyridine rings is 1. The van der Waals surface area contributed by atoms with Gasteiger partial charge in [-0.3, -0.25) is 20.1 Å². The Morgan fingerprint density at radius 3 is 2.90 bits per heavy atom. The van der Waals surface area contributed by atoms with Gasteiger partial charge >= 0.3 is 6.09 Å². The molecule has 0 saturated carbocycles. The second-order valence-electron chi connectivity index (χ2n) is 6.54. The number of thioether (sulfide) groups is 1. The Balaban J connectivity index is 1.65. The quantitative estimate of drug-likeness (QED) is 0.709. The van der Waals surface area contributed by atoms with Gasteiger partial charge in [0.1, 0.15) is 11.5 Å². The molecule has 10 heteroatoms. The summed E-state index contributed by atoms with van der Waals surface area (Å²) in [7, 11) is 0. The van der Waals surface area contributed by atoms with Gasteiger partial charge in [-0.25, -0.2) is 9.18 Å². The normalized spacial score (nSPS) is 23.1. The highest BCUT2D eigenvalue weighted by atomic mass is 32.2. The van der Waals surface area contributed by atoms with E-state index in [2.05, 4.69) is 20.6 Å². The number of anilines is 1. The van der Waals surface area contributed by atoms with Crippen LogP contribution in [0.3, 0.4) is 0 Å². The van der Waals surface area contributed by atoms with Gasteiger partial charge in [0.25, 0.3) is 5.91 Å². The zero-order valence-electron chi connectivity index (χ0n) is 15.1. The molecule has 1 aromatic heterocycles. The molecule has 29 heavy (non-hydrogen) atoms. The van der Waals surface area contributed by atoms with Crippen LogP contribution in [-0.2, 0) is 9.67 Å². The number of amidine groups is 1. The number of halogens is 1. The molecule has 0 radical (unpaired) electrons. The summed E-state index contributed by atoms with van der Waals surface area (Å²) < 4.78 is 20.8. The zero-order chi connectivity index (χ0) is 20.4. The van der Waals surface area contributed by atoms with Crippen molar-refractivity contribution in [3.8, 4) is 0 Å². The number of nitrogens with one attached hydrogen (secondary N) is 2. The summed E-state index contributed by atoms with van der Waals surface area (Å²) in [4.78, 5) is 30.5. The predicted molar refractivity (Wildman–Crippen MR) is 105 cm³/mol. The van der Waals surface area contributed by atoms with E-state index in [9.17, 15) is 14.0 Å². The van der Waals surface area contributed by atoms with Crippen LogP contribution >= 0.6 is 11.8 Å². The number of rotatable bonds is 3. The van der Waals surface area contributed by atoms with Crippen molar-refractivity contribution in [1.82, 2.24) is 10.3 Å². The highest BCUT2D eigenvalue weighted by molar-refractivity contribution is 8.14. The van der Waals surface area contributed by atoms with Crippen molar-refractivity contribution in [3.63, 3.8) is 0 Å². The fraction of sp³-hybridized carbons (Fsp3) is 0.263. The van der Waals surface area contributed by atoms with Gasteiger partial charge in [0.15, 0.2) is 10.1 Å². The molecule has 150 valence electrons. The number of benzene rings is 1. The summed E-state index contributed by atoms with van der Waals surface area (Å²) in [6.07, 6.45) is 0.927. The van der Waals surface area contributed by atoms with E-state index in [1.54, 1.807) is 18.2 Å². The number of nitrogens with zero attached hydrogens (tertiary/aromatic N) is 2. The van der Waals surface area contributed by atoms with E-state index in [0.29, 0.717) is 25.3 Å². The van der Waals surface area contributed by atoms with Crippen molar-refractivity contribution >= 4 is 34.6 Å². The topological polar surface area (TPSA) is 113 Å². The van der Waals surface area contributed by atoms with Gasteiger partial charge in [-0.15, -0.1) is 0 Å². The van der Waals surface area contributed by atoms with Gasteiger partial charge in [0, 0.05) is 36.5 Å². The fourth-order valence-electron chi connectivity index (χ4n) is 3.43. The maximum Gasteiger partial charge on any atom is 0.410 e. The summed E-state index contributed by atoms with van der Waals surface area (Å²) in [5.74, 6) is -1.05. The lowest BCUT2D eigenvalue weighted by atomic mass is 9.93. The van der Waals surface area contributed by atoms with Crippen molar-refractivity contribution in [1.29, 1.82) is 0 Å². The minimum Gasteiger partial charge on any atom is -0.465 e. The molecule has 2 amide bonds. The summed E-state index contributed by atoms with van der Waals surface area (Å²) in [6.45, 7) is 0.712. The third-order valence-corrected chi connectivity index (χ3v) is 6.13. The molecule has 0 unspecified atom stereocenters. The van der Waals surface area contributed by atoms with Crippen molar-refractivity contribution < 1.29 is 23.8 Å². The van der Waals surface area contributed by atoms with E-state index < -0.39 is 22.8 Å². The molecule has 1 aromatic carbocycles. The molecule has 4 rings (SSSR count). The molecular weight excluding hydrogens is 399 g/mol. The Hall–Kier alpha value is -2.98. The number of ether oxygens (including phenoxy) is 1. The zero-order valence-corrected chi connectivity index (χ0v) is 15.9. The molecule has 1 saturated heterocycles. The van der Waals surface area contributed by atoms with E-state index in [-0.39, 0.29) is 22.3 Å². The summed E-state index contributed by atoms with van der Waals surface area (Å²) in [5, 5.41) is 14.1. The number of carboxylic acid groups (broad SMARTS) is 1. The second-order valence-corrected chi connectivity index (χ2v) is 7.74. The largest absolute Gasteiger partial charge is 0.465 e. The van der Waals surface area contributed by atoms with Crippen molar-refractivity contribution in [3.05, 3.63) is 59.7 Å². The Kier molecular flexibility index (Phi) is 5.20. The molecule has 0 spiro atoms. The molecule has 2 aromatic rings. The molecule has 3 N–H and O–H groups in total. The Morgan fingerprint density at radius 1 is 1.28 bits per heavy atom. The number of carbonyl (C=O) groups excluding carboxylic acids is 1. The Morgan fingerprint density at radius 2 is 2.14 bits per heavy atom. The van der Waals surface area contributed by atoms with Crippen molar-refractivity contribution in [2.24, 2.45) is 10.9 Å². The molecule has 0 aliphatic carbocycles. The minimum atomic E-state index is -1.25. The van der Waals surface area contributed by atoms with Crippen LogP contribution in [0.1, 0.15) is 22.5 Å². The molecule has 1 fully saturated rings. The van der Waals surface area contributed by atoms with Gasteiger partial charge < -0.3 is 15.2 Å². The van der Waals surface area contributed by atoms with E-state index in [4.69, 9.17) is 9.84 Å². The standard InChI is InChI=1S/C19H17FN4O4S/c20-14-5-4-12(23-16(25)15-3-1-2-7-21-15)9-13(14)19-11(6-8-28-19)10-22-17(29-19)24-18(26)27/h1-5,7,9,11H,6,8,10H2,(H,22,24)(H,23,25)(H,26,27)/t11-,19-/m1/s1. The van der Waals surface area contributed by atoms with Crippen LogP contribution in [-0.4, -0.2) is 40.4 Å². The van der Waals surface area contributed by atoms with Crippen molar-refractivity contribution in [2.75, 3.05) is 18.5 Å². The number of hydrogen-bond acceptors (Lipinski definition) is 6. The van der Waals surface area contributed by atoms with Crippen LogP contribution in [0.4, 0.5) is 14.9 Å². The monoisotopic (exact) mass is 416 g/mol. The number of aliphatic imine (C=N–C) groups is 1. The summed E-state index contributed by atoms with van der Waals surface area (Å²) in [5.41, 5.74) is 0.860. The number of aromatic nitrogens is 1. The SMILES string of the molecule is O=C(O)NC1=NC[C@H]2CCO[C@@]2(c2cc(NC(=O)c3ccccn3)ccc2F)S1. The molecule has 2 atom stereocenters. The third kappa shape index (κ3) is 3.81. The first-order valence-corrected chi connectivity index (χ1v) is 9.69. The second kappa shape index (κ2) is 7.80. The number of hydrogen-bond donors (Lipinski definition) is 3. The number of amides is 2. The lowest BCUT2D eigenvalue weighted by Crippen LogP contribution is -2.41. The Bertz CT molecular complexity index is 987. The van der Waals surface area contributed by atoms with Gasteiger partial charge in [0.05, 0.1) is 0 Å². The van der Waals surface area contributed by atoms with Gasteiger partial charge in [-0.2, -0.15) is 0 Å². The first-order valence-electron chi connectivity index (χ1n) is 8.88. The fourth-order valence-corrected chi connectivity index (χ4v) is 4.76. The molecule has 3 heterocycles. The highest BCUT2D eigenvalue weighted by Crippen LogP contribution is 2.53. The predicted octanol–water partition coefficient (Wildman–Crippen LogP) is 3.03. The molecule has 0 bridgehead atoms. The van der Waals surface area contributed by atoms with E-state index >= 15 is 0 Å². The van der Waals surface area contributed by atoms with Crippen LogP contribution in [0.5, 0.6) is 0 Å². The number of carbonyl (C=O) groups is 2. The van der Waals surface area contributed by atoms with Crippen LogP contribution in [0.15, 0.2) is 47.6 Å². The molecule has 2 aliphatic heterocycles. The molecule has 8 nitrogen and oxygen atoms in total. The minimum absolute atomic E-state index is 0.122. The van der Waals surface area contributed by atoms with E-state index in [1.807, 2.05) is 0 Å². The maximum atomic E-state index is 14.8. The smallest absolute Gasteiger partial charge is 0.410 e. The molecular formula is C19H17FN4O4S. The molecule has 2 aliphatic rings. The van der Waals surface area contributed by atoms with Gasteiger partial charge in [0.2, 0.25) is 0 Å².